The molecule has 1 atom stereocenters. The summed E-state index contributed by atoms with van der Waals surface area (Å²) in [6.45, 7) is 4.94. The van der Waals surface area contributed by atoms with Crippen LogP contribution in [0.25, 0.3) is 11.0 Å². The quantitative estimate of drug-likeness (QED) is 0.551. The standard InChI is InChI=1S/C24H26N2O5S/c1-3-17(2)18-8-10-20(11-9-18)32(29,30)26-14-12-25(13-15-26)23(27)21-16-19-6-4-5-7-22(19)31-24(21)28/h4-11,16-17H,3,12-15H2,1-2H3. The zero-order chi connectivity index (χ0) is 22.9. The summed E-state index contributed by atoms with van der Waals surface area (Å²) in [7, 11) is -3.65. The Bertz CT molecular complexity index is 1290. The average molecular weight is 455 g/mol. The first kappa shape index (κ1) is 22.2. The van der Waals surface area contributed by atoms with Crippen molar-refractivity contribution in [3.8, 4) is 0 Å². The van der Waals surface area contributed by atoms with Crippen molar-refractivity contribution in [1.82, 2.24) is 9.21 Å². The maximum absolute atomic E-state index is 13.0. The van der Waals surface area contributed by atoms with E-state index in [1.54, 1.807) is 36.4 Å². The van der Waals surface area contributed by atoms with Crippen LogP contribution >= 0.6 is 0 Å². The second-order valence-corrected chi connectivity index (χ2v) is 10.00. The van der Waals surface area contributed by atoms with E-state index >= 15 is 0 Å². The van der Waals surface area contributed by atoms with Crippen molar-refractivity contribution in [1.29, 1.82) is 0 Å². The molecule has 8 heteroatoms. The molecule has 0 bridgehead atoms. The van der Waals surface area contributed by atoms with E-state index in [0.717, 1.165) is 12.0 Å². The van der Waals surface area contributed by atoms with Crippen molar-refractivity contribution in [3.63, 3.8) is 0 Å². The van der Waals surface area contributed by atoms with Gasteiger partial charge in [0.2, 0.25) is 10.0 Å². The zero-order valence-corrected chi connectivity index (χ0v) is 19.0. The SMILES string of the molecule is CCC(C)c1ccc(S(=O)(=O)N2CCN(C(=O)c3cc4ccccc4oc3=O)CC2)cc1. The molecule has 0 saturated carbocycles. The highest BCUT2D eigenvalue weighted by molar-refractivity contribution is 7.89. The lowest BCUT2D eigenvalue weighted by atomic mass is 9.99. The highest BCUT2D eigenvalue weighted by Gasteiger charge is 2.31. The van der Waals surface area contributed by atoms with Gasteiger partial charge in [-0.2, -0.15) is 4.31 Å². The van der Waals surface area contributed by atoms with Gasteiger partial charge in [-0.15, -0.1) is 0 Å². The van der Waals surface area contributed by atoms with Crippen molar-refractivity contribution in [2.75, 3.05) is 26.2 Å². The molecule has 32 heavy (non-hydrogen) atoms. The average Bonchev–Trinajstić information content (AvgIpc) is 2.82. The molecule has 1 amide bonds. The third-order valence-corrected chi connectivity index (χ3v) is 8.01. The summed E-state index contributed by atoms with van der Waals surface area (Å²) in [6.07, 6.45) is 0.984. The molecule has 1 aliphatic rings. The van der Waals surface area contributed by atoms with E-state index < -0.39 is 21.6 Å². The minimum atomic E-state index is -3.65. The lowest BCUT2D eigenvalue weighted by molar-refractivity contribution is 0.0694. The van der Waals surface area contributed by atoms with Crippen molar-refractivity contribution < 1.29 is 17.6 Å². The third kappa shape index (κ3) is 4.20. The Kier molecular flexibility index (Phi) is 6.17. The van der Waals surface area contributed by atoms with Gasteiger partial charge in [-0.3, -0.25) is 4.79 Å². The third-order valence-electron chi connectivity index (χ3n) is 6.10. The van der Waals surface area contributed by atoms with Crippen LogP contribution in [0.2, 0.25) is 0 Å². The number of para-hydroxylation sites is 1. The first-order valence-electron chi connectivity index (χ1n) is 10.7. The van der Waals surface area contributed by atoms with Crippen LogP contribution in [-0.4, -0.2) is 49.7 Å². The summed E-state index contributed by atoms with van der Waals surface area (Å²) < 4.78 is 32.7. The number of carbonyl (C=O) groups is 1. The Morgan fingerprint density at radius 2 is 1.69 bits per heavy atom. The number of piperazine rings is 1. The molecule has 1 unspecified atom stereocenters. The van der Waals surface area contributed by atoms with Crippen LogP contribution in [0.4, 0.5) is 0 Å². The predicted molar refractivity (Wildman–Crippen MR) is 122 cm³/mol. The Morgan fingerprint density at radius 1 is 1.03 bits per heavy atom. The summed E-state index contributed by atoms with van der Waals surface area (Å²) in [6, 6.07) is 15.5. The number of nitrogens with zero attached hydrogens (tertiary/aromatic N) is 2. The maximum Gasteiger partial charge on any atom is 0.349 e. The molecule has 7 nitrogen and oxygen atoms in total. The number of rotatable bonds is 5. The van der Waals surface area contributed by atoms with Crippen LogP contribution < -0.4 is 5.63 Å². The lowest BCUT2D eigenvalue weighted by Gasteiger charge is -2.33. The van der Waals surface area contributed by atoms with E-state index in [9.17, 15) is 18.0 Å². The van der Waals surface area contributed by atoms with E-state index in [-0.39, 0.29) is 36.6 Å². The molecule has 2 aromatic carbocycles. The molecule has 2 heterocycles. The largest absolute Gasteiger partial charge is 0.422 e. The Morgan fingerprint density at radius 3 is 2.34 bits per heavy atom. The van der Waals surface area contributed by atoms with Crippen LogP contribution in [0.1, 0.15) is 42.1 Å². The lowest BCUT2D eigenvalue weighted by Crippen LogP contribution is -2.51. The molecule has 168 valence electrons. The van der Waals surface area contributed by atoms with Crippen LogP contribution in [0.15, 0.2) is 68.7 Å². The van der Waals surface area contributed by atoms with Gasteiger partial charge in [-0.05, 0) is 42.2 Å². The number of amides is 1. The van der Waals surface area contributed by atoms with Gasteiger partial charge in [-0.1, -0.05) is 44.2 Å². The zero-order valence-electron chi connectivity index (χ0n) is 18.2. The summed E-state index contributed by atoms with van der Waals surface area (Å²) in [5.74, 6) is -0.0754. The number of hydrogen-bond donors (Lipinski definition) is 0. The molecular formula is C24H26N2O5S. The highest BCUT2D eigenvalue weighted by Crippen LogP contribution is 2.23. The summed E-state index contributed by atoms with van der Waals surface area (Å²) in [5.41, 5.74) is 0.797. The van der Waals surface area contributed by atoms with Gasteiger partial charge in [0.15, 0.2) is 0 Å². The van der Waals surface area contributed by atoms with Crippen molar-refractivity contribution in [2.45, 2.75) is 31.1 Å². The van der Waals surface area contributed by atoms with Crippen molar-refractivity contribution >= 4 is 26.9 Å². The van der Waals surface area contributed by atoms with Crippen molar-refractivity contribution in [2.24, 2.45) is 0 Å². The molecule has 4 rings (SSSR count). The van der Waals surface area contributed by atoms with Gasteiger partial charge in [0.1, 0.15) is 11.1 Å². The van der Waals surface area contributed by atoms with Gasteiger partial charge in [0.05, 0.1) is 4.90 Å². The first-order chi connectivity index (χ1) is 15.3. The number of carbonyl (C=O) groups excluding carboxylic acids is 1. The molecule has 0 N–H and O–H groups in total. The van der Waals surface area contributed by atoms with Gasteiger partial charge >= 0.3 is 5.63 Å². The van der Waals surface area contributed by atoms with Crippen LogP contribution in [0.5, 0.6) is 0 Å². The van der Waals surface area contributed by atoms with Crippen molar-refractivity contribution in [3.05, 3.63) is 76.1 Å². The fourth-order valence-electron chi connectivity index (χ4n) is 3.87. The van der Waals surface area contributed by atoms with E-state index in [1.165, 1.54) is 15.3 Å². The molecule has 0 spiro atoms. The van der Waals surface area contributed by atoms with E-state index in [2.05, 4.69) is 13.8 Å². The fraction of sp³-hybridized carbons (Fsp3) is 0.333. The Balaban J connectivity index is 1.47. The number of fused-ring (bicyclic) bond motifs is 1. The minimum Gasteiger partial charge on any atom is -0.422 e. The number of hydrogen-bond acceptors (Lipinski definition) is 5. The normalized spacial score (nSPS) is 16.2. The molecule has 1 saturated heterocycles. The van der Waals surface area contributed by atoms with Crippen LogP contribution in [0.3, 0.4) is 0 Å². The van der Waals surface area contributed by atoms with E-state index in [4.69, 9.17) is 4.42 Å². The predicted octanol–water partition coefficient (Wildman–Crippen LogP) is 3.45. The summed E-state index contributed by atoms with van der Waals surface area (Å²) in [5, 5.41) is 0.664. The Labute approximate surface area is 187 Å². The second-order valence-electron chi connectivity index (χ2n) is 8.06. The molecule has 1 aromatic heterocycles. The smallest absolute Gasteiger partial charge is 0.349 e. The monoisotopic (exact) mass is 454 g/mol. The minimum absolute atomic E-state index is 0.0411. The Hall–Kier alpha value is -2.97. The van der Waals surface area contributed by atoms with Gasteiger partial charge in [0.25, 0.3) is 5.91 Å². The molecule has 3 aromatic rings. The maximum atomic E-state index is 13.0. The molecule has 0 radical (unpaired) electrons. The summed E-state index contributed by atoms with van der Waals surface area (Å²) in [4.78, 5) is 27.0. The van der Waals surface area contributed by atoms with E-state index in [0.29, 0.717) is 16.9 Å². The van der Waals surface area contributed by atoms with Crippen LogP contribution in [-0.2, 0) is 10.0 Å². The highest BCUT2D eigenvalue weighted by atomic mass is 32.2. The second kappa shape index (κ2) is 8.88. The summed E-state index contributed by atoms with van der Waals surface area (Å²) >= 11 is 0. The van der Waals surface area contributed by atoms with E-state index in [1.807, 2.05) is 12.1 Å². The molecule has 1 aliphatic heterocycles. The number of sulfonamides is 1. The van der Waals surface area contributed by atoms with Gasteiger partial charge in [-0.25, -0.2) is 13.2 Å². The molecule has 0 aliphatic carbocycles. The topological polar surface area (TPSA) is 87.9 Å². The van der Waals surface area contributed by atoms with Crippen LogP contribution in [0, 0.1) is 0 Å². The molecule has 1 fully saturated rings. The first-order valence-corrected chi connectivity index (χ1v) is 12.2. The number of benzene rings is 2. The molecular weight excluding hydrogens is 428 g/mol. The van der Waals surface area contributed by atoms with Gasteiger partial charge in [0, 0.05) is 31.6 Å². The fourth-order valence-corrected chi connectivity index (χ4v) is 5.29. The van der Waals surface area contributed by atoms with Gasteiger partial charge < -0.3 is 9.32 Å².